The molecule has 0 radical (unpaired) electrons. The molecule has 30 heavy (non-hydrogen) atoms. The van der Waals surface area contributed by atoms with E-state index in [1.54, 1.807) is 19.4 Å². The van der Waals surface area contributed by atoms with Crippen molar-refractivity contribution in [2.45, 2.75) is 78.0 Å². The molecule has 0 saturated heterocycles. The Morgan fingerprint density at radius 2 is 1.90 bits per heavy atom. The summed E-state index contributed by atoms with van der Waals surface area (Å²) in [5, 5.41) is 6.56. The van der Waals surface area contributed by atoms with Crippen molar-refractivity contribution < 1.29 is 9.15 Å². The number of aliphatic imine (C=N–C) groups is 1. The van der Waals surface area contributed by atoms with E-state index in [9.17, 15) is 0 Å². The average Bonchev–Trinajstić information content (AvgIpc) is 3.20. The molecular weight excluding hydrogens is 378 g/mol. The Hall–Kier alpha value is -2.57. The Labute approximate surface area is 179 Å². The summed E-state index contributed by atoms with van der Waals surface area (Å²) in [7, 11) is 1.75. The van der Waals surface area contributed by atoms with Crippen molar-refractivity contribution in [2.24, 2.45) is 10.9 Å². The van der Waals surface area contributed by atoms with Crippen molar-refractivity contribution in [1.29, 1.82) is 0 Å². The van der Waals surface area contributed by atoms with Crippen molar-refractivity contribution in [1.82, 2.24) is 20.6 Å². The summed E-state index contributed by atoms with van der Waals surface area (Å²) in [5.41, 5.74) is 1.04. The van der Waals surface area contributed by atoms with E-state index in [0.29, 0.717) is 30.8 Å². The van der Waals surface area contributed by atoms with Crippen LogP contribution in [0.3, 0.4) is 0 Å². The van der Waals surface area contributed by atoms with Crippen LogP contribution in [0.1, 0.15) is 70.6 Å². The van der Waals surface area contributed by atoms with Gasteiger partial charge in [-0.2, -0.15) is 0 Å². The second kappa shape index (κ2) is 9.96. The third-order valence-electron chi connectivity index (χ3n) is 5.43. The summed E-state index contributed by atoms with van der Waals surface area (Å²) >= 11 is 0. The van der Waals surface area contributed by atoms with E-state index in [4.69, 9.17) is 9.15 Å². The minimum atomic E-state index is -0.0534. The maximum absolute atomic E-state index is 6.11. The molecule has 2 heterocycles. The molecule has 1 aliphatic rings. The molecule has 0 bridgehead atoms. The molecule has 1 saturated carbocycles. The zero-order valence-electron chi connectivity index (χ0n) is 18.9. The van der Waals surface area contributed by atoms with Crippen LogP contribution in [0, 0.1) is 5.92 Å². The standard InChI is InChI=1S/C23H35N5O2/c1-16-6-8-18(9-7-16)29-20-12-17(10-11-25-20)13-27-22(24-5)28-15-21-26-14-19(30-21)23(2,3)4/h10-12,14,16,18H,6-9,13,15H2,1-5H3,(H2,24,27,28). The maximum Gasteiger partial charge on any atom is 0.213 e. The SMILES string of the molecule is CN=C(NCc1ccnc(OC2CCC(C)CC2)c1)NCc1ncc(C(C)(C)C)o1. The van der Waals surface area contributed by atoms with Gasteiger partial charge >= 0.3 is 0 Å². The van der Waals surface area contributed by atoms with E-state index in [2.05, 4.69) is 53.3 Å². The molecule has 2 aromatic heterocycles. The number of hydrogen-bond acceptors (Lipinski definition) is 5. The van der Waals surface area contributed by atoms with Gasteiger partial charge in [0, 0.05) is 31.3 Å². The van der Waals surface area contributed by atoms with Crippen LogP contribution in [-0.4, -0.2) is 29.1 Å². The quantitative estimate of drug-likeness (QED) is 0.546. The van der Waals surface area contributed by atoms with Gasteiger partial charge in [0.05, 0.1) is 12.7 Å². The number of pyridine rings is 1. The molecule has 0 unspecified atom stereocenters. The molecule has 2 aromatic rings. The van der Waals surface area contributed by atoms with Gasteiger partial charge in [-0.1, -0.05) is 27.7 Å². The average molecular weight is 414 g/mol. The molecule has 164 valence electrons. The van der Waals surface area contributed by atoms with Crippen LogP contribution in [0.4, 0.5) is 0 Å². The van der Waals surface area contributed by atoms with Gasteiger partial charge in [-0.15, -0.1) is 0 Å². The molecule has 2 N–H and O–H groups in total. The fourth-order valence-corrected chi connectivity index (χ4v) is 3.45. The molecule has 7 nitrogen and oxygen atoms in total. The van der Waals surface area contributed by atoms with Gasteiger partial charge in [0.1, 0.15) is 11.9 Å². The normalized spacial score (nSPS) is 20.1. The number of aromatic nitrogens is 2. The first-order valence-electron chi connectivity index (χ1n) is 10.8. The number of ether oxygens (including phenoxy) is 1. The lowest BCUT2D eigenvalue weighted by Gasteiger charge is -2.26. The molecule has 0 spiro atoms. The first-order chi connectivity index (χ1) is 14.3. The molecule has 3 rings (SSSR count). The summed E-state index contributed by atoms with van der Waals surface area (Å²) in [6, 6.07) is 3.99. The lowest BCUT2D eigenvalue weighted by Crippen LogP contribution is -2.36. The summed E-state index contributed by atoms with van der Waals surface area (Å²) < 4.78 is 11.9. The number of nitrogens with one attached hydrogen (secondary N) is 2. The molecule has 0 aromatic carbocycles. The minimum Gasteiger partial charge on any atom is -0.474 e. The Bertz CT molecular complexity index is 832. The third-order valence-corrected chi connectivity index (χ3v) is 5.43. The number of nitrogens with zero attached hydrogens (tertiary/aromatic N) is 3. The van der Waals surface area contributed by atoms with Crippen LogP contribution < -0.4 is 15.4 Å². The minimum absolute atomic E-state index is 0.0534. The predicted molar refractivity (Wildman–Crippen MR) is 119 cm³/mol. The highest BCUT2D eigenvalue weighted by Gasteiger charge is 2.20. The summed E-state index contributed by atoms with van der Waals surface area (Å²) in [6.45, 7) is 9.72. The fraction of sp³-hybridized carbons (Fsp3) is 0.609. The predicted octanol–water partition coefficient (Wildman–Crippen LogP) is 4.19. The van der Waals surface area contributed by atoms with Gasteiger partial charge in [-0.25, -0.2) is 9.97 Å². The van der Waals surface area contributed by atoms with Gasteiger partial charge in [0.2, 0.25) is 11.8 Å². The molecular formula is C23H35N5O2. The smallest absolute Gasteiger partial charge is 0.213 e. The van der Waals surface area contributed by atoms with E-state index in [0.717, 1.165) is 30.1 Å². The lowest BCUT2D eigenvalue weighted by atomic mass is 9.89. The zero-order valence-corrected chi connectivity index (χ0v) is 18.9. The Morgan fingerprint density at radius 1 is 1.17 bits per heavy atom. The molecule has 1 aliphatic carbocycles. The first-order valence-corrected chi connectivity index (χ1v) is 10.8. The highest BCUT2D eigenvalue weighted by Crippen LogP contribution is 2.26. The molecule has 0 aliphatic heterocycles. The van der Waals surface area contributed by atoms with E-state index >= 15 is 0 Å². The van der Waals surface area contributed by atoms with E-state index in [-0.39, 0.29) is 11.5 Å². The van der Waals surface area contributed by atoms with Gasteiger partial charge in [0.25, 0.3) is 0 Å². The highest BCUT2D eigenvalue weighted by molar-refractivity contribution is 5.79. The zero-order chi connectivity index (χ0) is 21.6. The first kappa shape index (κ1) is 22.1. The van der Waals surface area contributed by atoms with Crippen molar-refractivity contribution in [3.05, 3.63) is 41.7 Å². The van der Waals surface area contributed by atoms with Crippen LogP contribution in [-0.2, 0) is 18.5 Å². The van der Waals surface area contributed by atoms with Gasteiger partial charge in [-0.05, 0) is 43.2 Å². The molecule has 0 amide bonds. The fourth-order valence-electron chi connectivity index (χ4n) is 3.45. The van der Waals surface area contributed by atoms with Gasteiger partial charge in [0.15, 0.2) is 5.96 Å². The van der Waals surface area contributed by atoms with Crippen molar-refractivity contribution >= 4 is 5.96 Å². The van der Waals surface area contributed by atoms with Crippen molar-refractivity contribution in [3.8, 4) is 5.88 Å². The number of rotatable bonds is 6. The summed E-state index contributed by atoms with van der Waals surface area (Å²) in [5.74, 6) is 3.71. The van der Waals surface area contributed by atoms with Crippen LogP contribution in [0.5, 0.6) is 5.88 Å². The van der Waals surface area contributed by atoms with Crippen molar-refractivity contribution in [2.75, 3.05) is 7.05 Å². The molecule has 0 atom stereocenters. The van der Waals surface area contributed by atoms with E-state index in [1.165, 1.54) is 12.8 Å². The largest absolute Gasteiger partial charge is 0.474 e. The van der Waals surface area contributed by atoms with Crippen LogP contribution >= 0.6 is 0 Å². The highest BCUT2D eigenvalue weighted by atomic mass is 16.5. The topological polar surface area (TPSA) is 84.6 Å². The molecule has 1 fully saturated rings. The summed E-state index contributed by atoms with van der Waals surface area (Å²) in [4.78, 5) is 13.0. The monoisotopic (exact) mass is 413 g/mol. The lowest BCUT2D eigenvalue weighted by molar-refractivity contribution is 0.130. The van der Waals surface area contributed by atoms with Crippen molar-refractivity contribution in [3.63, 3.8) is 0 Å². The van der Waals surface area contributed by atoms with Crippen LogP contribution in [0.15, 0.2) is 33.9 Å². The van der Waals surface area contributed by atoms with Crippen LogP contribution in [0.2, 0.25) is 0 Å². The second-order valence-corrected chi connectivity index (χ2v) is 9.15. The van der Waals surface area contributed by atoms with Gasteiger partial charge in [-0.3, -0.25) is 4.99 Å². The van der Waals surface area contributed by atoms with Crippen LogP contribution in [0.25, 0.3) is 0 Å². The Kier molecular flexibility index (Phi) is 7.34. The third kappa shape index (κ3) is 6.47. The Balaban J connectivity index is 1.48. The van der Waals surface area contributed by atoms with E-state index in [1.807, 2.05) is 12.1 Å². The van der Waals surface area contributed by atoms with E-state index < -0.39 is 0 Å². The molecule has 7 heteroatoms. The van der Waals surface area contributed by atoms with Gasteiger partial charge < -0.3 is 19.8 Å². The second-order valence-electron chi connectivity index (χ2n) is 9.15. The number of hydrogen-bond donors (Lipinski definition) is 2. The summed E-state index contributed by atoms with van der Waals surface area (Å²) in [6.07, 6.45) is 8.56. The number of guanidine groups is 1. The maximum atomic E-state index is 6.11. The number of oxazole rings is 1. The Morgan fingerprint density at radius 3 is 2.57 bits per heavy atom.